The average Bonchev–Trinajstić information content (AvgIpc) is 3.33. The SMILES string of the molecule is Cl.O=C(CCc1ccco1)N[C@@H]1CC[C@@]2(O)[C@H]3Cc4ccc(O)c5c4[C@@]2(CCN3CC2CC2)[C@H]1O5. The molecular weight excluding hydrogens is 468 g/mol. The number of piperidine rings is 1. The number of amides is 1. The molecule has 3 fully saturated rings. The van der Waals surface area contributed by atoms with E-state index in [1.165, 1.54) is 18.4 Å². The molecule has 188 valence electrons. The monoisotopic (exact) mass is 500 g/mol. The molecule has 8 heteroatoms. The molecule has 1 amide bonds. The van der Waals surface area contributed by atoms with Gasteiger partial charge < -0.3 is 24.7 Å². The van der Waals surface area contributed by atoms with Crippen LogP contribution in [-0.4, -0.2) is 57.9 Å². The number of likely N-dealkylation sites (tertiary alicyclic amines) is 1. The number of hydrogen-bond donors (Lipinski definition) is 3. The number of rotatable bonds is 6. The van der Waals surface area contributed by atoms with E-state index in [9.17, 15) is 15.0 Å². The van der Waals surface area contributed by atoms with Gasteiger partial charge in [0.05, 0.1) is 23.3 Å². The van der Waals surface area contributed by atoms with E-state index in [0.717, 1.165) is 43.2 Å². The summed E-state index contributed by atoms with van der Waals surface area (Å²) in [5.41, 5.74) is 0.648. The summed E-state index contributed by atoms with van der Waals surface area (Å²) in [5, 5.41) is 26.4. The van der Waals surface area contributed by atoms with Gasteiger partial charge in [-0.25, -0.2) is 0 Å². The maximum atomic E-state index is 12.9. The molecule has 1 spiro atoms. The Hall–Kier alpha value is -2.22. The van der Waals surface area contributed by atoms with Crippen molar-refractivity contribution in [1.82, 2.24) is 10.2 Å². The lowest BCUT2D eigenvalue weighted by molar-refractivity contribution is -0.192. The van der Waals surface area contributed by atoms with Crippen molar-refractivity contribution < 1.29 is 24.2 Å². The van der Waals surface area contributed by atoms with Crippen LogP contribution in [0.5, 0.6) is 11.5 Å². The molecule has 3 heterocycles. The third kappa shape index (κ3) is 3.27. The third-order valence-corrected chi connectivity index (χ3v) is 9.29. The number of carbonyl (C=O) groups is 1. The van der Waals surface area contributed by atoms with Crippen LogP contribution in [0, 0.1) is 5.92 Å². The molecule has 1 aromatic carbocycles. The molecule has 7 rings (SSSR count). The van der Waals surface area contributed by atoms with Gasteiger partial charge in [-0.1, -0.05) is 6.07 Å². The maximum absolute atomic E-state index is 12.9. The van der Waals surface area contributed by atoms with Crippen LogP contribution in [0.15, 0.2) is 34.9 Å². The number of nitrogens with one attached hydrogen (secondary N) is 1. The number of furan rings is 1. The molecule has 35 heavy (non-hydrogen) atoms. The number of nitrogens with zero attached hydrogens (tertiary/aromatic N) is 1. The van der Waals surface area contributed by atoms with Crippen molar-refractivity contribution in [2.75, 3.05) is 13.1 Å². The van der Waals surface area contributed by atoms with Crippen molar-refractivity contribution in [1.29, 1.82) is 0 Å². The van der Waals surface area contributed by atoms with E-state index in [1.807, 2.05) is 18.2 Å². The number of hydrogen-bond acceptors (Lipinski definition) is 6. The van der Waals surface area contributed by atoms with E-state index in [-0.39, 0.29) is 42.3 Å². The normalized spacial score (nSPS) is 34.5. The van der Waals surface area contributed by atoms with Gasteiger partial charge in [0, 0.05) is 31.0 Å². The Bertz CT molecular complexity index is 1130. The van der Waals surface area contributed by atoms with Gasteiger partial charge in [-0.15, -0.1) is 12.4 Å². The molecule has 5 aliphatic rings. The Morgan fingerprint density at radius 1 is 1.20 bits per heavy atom. The first-order valence-corrected chi connectivity index (χ1v) is 12.8. The zero-order chi connectivity index (χ0) is 23.1. The van der Waals surface area contributed by atoms with E-state index in [4.69, 9.17) is 9.15 Å². The lowest BCUT2D eigenvalue weighted by atomic mass is 9.48. The Kier molecular flexibility index (Phi) is 5.40. The first-order valence-electron chi connectivity index (χ1n) is 12.8. The summed E-state index contributed by atoms with van der Waals surface area (Å²) in [6.45, 7) is 1.97. The van der Waals surface area contributed by atoms with Crippen LogP contribution in [0.4, 0.5) is 0 Å². The quantitative estimate of drug-likeness (QED) is 0.564. The van der Waals surface area contributed by atoms with Crippen molar-refractivity contribution >= 4 is 18.3 Å². The summed E-state index contributed by atoms with van der Waals surface area (Å²) in [6.07, 6.45) is 7.56. The van der Waals surface area contributed by atoms with Crippen LogP contribution in [0.1, 0.15) is 55.4 Å². The summed E-state index contributed by atoms with van der Waals surface area (Å²) < 4.78 is 11.9. The fraction of sp³-hybridized carbons (Fsp3) is 0.593. The van der Waals surface area contributed by atoms with Gasteiger partial charge in [0.2, 0.25) is 5.91 Å². The van der Waals surface area contributed by atoms with Crippen LogP contribution in [0.25, 0.3) is 0 Å². The fourth-order valence-corrected chi connectivity index (χ4v) is 7.60. The maximum Gasteiger partial charge on any atom is 0.220 e. The van der Waals surface area contributed by atoms with E-state index < -0.39 is 11.0 Å². The van der Waals surface area contributed by atoms with Crippen LogP contribution < -0.4 is 10.1 Å². The number of aromatic hydroxyl groups is 1. The number of benzene rings is 1. The molecule has 1 saturated heterocycles. The van der Waals surface area contributed by atoms with Crippen LogP contribution >= 0.6 is 12.4 Å². The number of phenolic OH excluding ortho intramolecular Hbond substituents is 1. The minimum atomic E-state index is -0.924. The predicted octanol–water partition coefficient (Wildman–Crippen LogP) is 3.09. The summed E-state index contributed by atoms with van der Waals surface area (Å²) >= 11 is 0. The highest BCUT2D eigenvalue weighted by Gasteiger charge is 2.73. The van der Waals surface area contributed by atoms with E-state index in [0.29, 0.717) is 31.4 Å². The Balaban J connectivity index is 0.00000229. The topological polar surface area (TPSA) is 95.2 Å². The number of carbonyl (C=O) groups excluding carboxylic acids is 1. The first kappa shape index (κ1) is 23.2. The summed E-state index contributed by atoms with van der Waals surface area (Å²) in [6, 6.07) is 7.29. The average molecular weight is 501 g/mol. The second-order valence-corrected chi connectivity index (χ2v) is 11.1. The zero-order valence-electron chi connectivity index (χ0n) is 19.7. The van der Waals surface area contributed by atoms with Gasteiger partial charge in [-0.3, -0.25) is 9.69 Å². The molecule has 2 saturated carbocycles. The summed E-state index contributed by atoms with van der Waals surface area (Å²) in [7, 11) is 0. The van der Waals surface area contributed by atoms with E-state index >= 15 is 0 Å². The van der Waals surface area contributed by atoms with Crippen molar-refractivity contribution in [2.24, 2.45) is 5.92 Å². The van der Waals surface area contributed by atoms with Crippen LogP contribution in [0.3, 0.4) is 0 Å². The molecule has 5 atom stereocenters. The van der Waals surface area contributed by atoms with Crippen LogP contribution in [0.2, 0.25) is 0 Å². The fourth-order valence-electron chi connectivity index (χ4n) is 7.60. The Morgan fingerprint density at radius 3 is 2.83 bits per heavy atom. The number of aryl methyl sites for hydroxylation is 1. The molecule has 0 radical (unpaired) electrons. The van der Waals surface area contributed by atoms with Crippen LogP contribution in [-0.2, 0) is 23.1 Å². The lowest BCUT2D eigenvalue weighted by Gasteiger charge is -2.64. The third-order valence-electron chi connectivity index (χ3n) is 9.29. The van der Waals surface area contributed by atoms with Gasteiger partial charge in [-0.05, 0) is 74.8 Å². The van der Waals surface area contributed by atoms with Gasteiger partial charge >= 0.3 is 0 Å². The second kappa shape index (κ2) is 8.15. The molecule has 2 aliphatic heterocycles. The second-order valence-electron chi connectivity index (χ2n) is 11.1. The number of aliphatic hydroxyl groups is 1. The standard InChI is InChI=1S/C27H32N2O5.ClH/c30-20-7-5-17-14-21-27(32)10-9-19(28-22(31)8-6-18-2-1-13-33-18)25-26(27,23(17)24(20)34-25)11-12-29(21)15-16-3-4-16;/h1-2,5,7,13,16,19,21,25,30,32H,3-4,6,8-12,14-15H2,(H,28,31);1H/t19-,21-,25+,26+,27-;/m1./s1. The molecule has 7 nitrogen and oxygen atoms in total. The van der Waals surface area contributed by atoms with Crippen molar-refractivity contribution in [3.63, 3.8) is 0 Å². The van der Waals surface area contributed by atoms with Crippen molar-refractivity contribution in [3.05, 3.63) is 47.4 Å². The van der Waals surface area contributed by atoms with E-state index in [1.54, 1.807) is 12.3 Å². The molecular formula is C27H33ClN2O5. The first-order chi connectivity index (χ1) is 16.5. The smallest absolute Gasteiger partial charge is 0.220 e. The molecule has 2 bridgehead atoms. The van der Waals surface area contributed by atoms with E-state index in [2.05, 4.69) is 10.2 Å². The van der Waals surface area contributed by atoms with Gasteiger partial charge in [0.15, 0.2) is 11.5 Å². The molecule has 3 aliphatic carbocycles. The summed E-state index contributed by atoms with van der Waals surface area (Å²) in [4.78, 5) is 15.4. The number of phenols is 1. The Labute approximate surface area is 211 Å². The minimum Gasteiger partial charge on any atom is -0.504 e. The molecule has 0 unspecified atom stereocenters. The number of halogens is 1. The van der Waals surface area contributed by atoms with Gasteiger partial charge in [0.25, 0.3) is 0 Å². The highest BCUT2D eigenvalue weighted by Crippen LogP contribution is 2.65. The van der Waals surface area contributed by atoms with Crippen molar-refractivity contribution in [3.8, 4) is 11.5 Å². The highest BCUT2D eigenvalue weighted by atomic mass is 35.5. The largest absolute Gasteiger partial charge is 0.504 e. The predicted molar refractivity (Wildman–Crippen MR) is 131 cm³/mol. The number of ether oxygens (including phenoxy) is 1. The highest BCUT2D eigenvalue weighted by molar-refractivity contribution is 5.85. The zero-order valence-corrected chi connectivity index (χ0v) is 20.6. The minimum absolute atomic E-state index is 0. The molecule has 3 N–H and O–H groups in total. The summed E-state index contributed by atoms with van der Waals surface area (Å²) in [5.74, 6) is 2.17. The van der Waals surface area contributed by atoms with Gasteiger partial charge in [-0.2, -0.15) is 0 Å². The lowest BCUT2D eigenvalue weighted by Crippen LogP contribution is -2.78. The molecule has 1 aromatic heterocycles. The van der Waals surface area contributed by atoms with Crippen molar-refractivity contribution in [2.45, 2.75) is 80.6 Å². The van der Waals surface area contributed by atoms with Gasteiger partial charge in [0.1, 0.15) is 11.9 Å². The molecule has 2 aromatic rings. The Morgan fingerprint density at radius 2 is 2.06 bits per heavy atom.